The van der Waals surface area contributed by atoms with Gasteiger partial charge in [-0.1, -0.05) is 174 Å². The van der Waals surface area contributed by atoms with Crippen LogP contribution in [-0.4, -0.2) is 67.4 Å². The van der Waals surface area contributed by atoms with Crippen molar-refractivity contribution in [3.05, 3.63) is 46.5 Å². The summed E-state index contributed by atoms with van der Waals surface area (Å²) in [6, 6.07) is 8.61. The van der Waals surface area contributed by atoms with Crippen LogP contribution in [0.4, 0.5) is 0 Å². The molecule has 2 unspecified atom stereocenters. The van der Waals surface area contributed by atoms with E-state index in [4.69, 9.17) is 0 Å². The standard InChI is InChI=1S/C56H104N2O4Si4/c1-41(63(15,16)53(3,4)5)27-29-43-37-47(59)49(65(19,20)55(9,10)11)39-45(43)31-33-51(61)57-35-25-23-24-26-36-58-52(62)34-32-46-40-50(66(21,22)56(12,13)14)48(60)38-44(46)30-28-42(2)64(17,18)54(6,7)8/h37-42,59-60H,23-36H2,1-22H3,(H,57,61)(H,58,62). The third-order valence-corrected chi connectivity index (χ3v) is 43.0. The molecule has 0 aliphatic heterocycles. The van der Waals surface area contributed by atoms with Gasteiger partial charge < -0.3 is 20.8 Å². The fourth-order valence-corrected chi connectivity index (χ4v) is 17.6. The molecule has 0 aliphatic rings. The number of aromatic hydroxyl groups is 2. The molecule has 2 aromatic rings. The maximum atomic E-state index is 13.2. The number of rotatable bonds is 23. The van der Waals surface area contributed by atoms with Gasteiger partial charge in [-0.25, -0.2) is 0 Å². The summed E-state index contributed by atoms with van der Waals surface area (Å²) < 4.78 is 0. The first-order chi connectivity index (χ1) is 29.8. The summed E-state index contributed by atoms with van der Waals surface area (Å²) in [4.78, 5) is 26.4. The lowest BCUT2D eigenvalue weighted by Crippen LogP contribution is -2.49. The van der Waals surface area contributed by atoms with E-state index >= 15 is 0 Å². The third kappa shape index (κ3) is 15.7. The Morgan fingerprint density at radius 1 is 0.470 bits per heavy atom. The van der Waals surface area contributed by atoms with Gasteiger partial charge in [-0.3, -0.25) is 9.59 Å². The number of phenols is 2. The summed E-state index contributed by atoms with van der Waals surface area (Å²) in [5.41, 5.74) is 6.11. The van der Waals surface area contributed by atoms with Gasteiger partial charge in [0.25, 0.3) is 0 Å². The second kappa shape index (κ2) is 23.2. The van der Waals surface area contributed by atoms with Gasteiger partial charge in [-0.15, -0.1) is 0 Å². The van der Waals surface area contributed by atoms with E-state index < -0.39 is 32.3 Å². The topological polar surface area (TPSA) is 98.7 Å². The number of carbonyl (C=O) groups is 2. The van der Waals surface area contributed by atoms with Crippen molar-refractivity contribution in [1.29, 1.82) is 0 Å². The molecule has 2 rings (SSSR count). The normalized spacial score (nSPS) is 14.6. The second-order valence-electron chi connectivity index (χ2n) is 27.0. The summed E-state index contributed by atoms with van der Waals surface area (Å²) in [5.74, 6) is 1.03. The van der Waals surface area contributed by atoms with Crippen molar-refractivity contribution in [3.8, 4) is 11.5 Å². The maximum absolute atomic E-state index is 13.2. The third-order valence-electron chi connectivity index (χ3n) is 18.7. The van der Waals surface area contributed by atoms with Crippen molar-refractivity contribution in [2.24, 2.45) is 0 Å². The van der Waals surface area contributed by atoms with Crippen molar-refractivity contribution in [2.45, 2.75) is 258 Å². The van der Waals surface area contributed by atoms with Crippen LogP contribution >= 0.6 is 0 Å². The van der Waals surface area contributed by atoms with Crippen molar-refractivity contribution >= 4 is 54.5 Å². The molecular formula is C56H104N2O4Si4. The van der Waals surface area contributed by atoms with E-state index in [0.717, 1.165) is 61.7 Å². The molecule has 10 heteroatoms. The Bertz CT molecular complexity index is 1770. The monoisotopic (exact) mass is 981 g/mol. The molecule has 0 bridgehead atoms. The molecular weight excluding hydrogens is 877 g/mol. The lowest BCUT2D eigenvalue weighted by molar-refractivity contribution is -0.121. The predicted molar refractivity (Wildman–Crippen MR) is 301 cm³/mol. The highest BCUT2D eigenvalue weighted by Crippen LogP contribution is 2.47. The molecule has 66 heavy (non-hydrogen) atoms. The summed E-state index contributed by atoms with van der Waals surface area (Å²) in [6.07, 6.45) is 10.1. The number of unbranched alkanes of at least 4 members (excludes halogenated alkanes) is 3. The fourth-order valence-electron chi connectivity index (χ4n) is 8.77. The lowest BCUT2D eigenvalue weighted by atomic mass is 9.97. The van der Waals surface area contributed by atoms with Gasteiger partial charge in [-0.2, -0.15) is 0 Å². The second-order valence-corrected chi connectivity index (χ2v) is 49.4. The zero-order valence-electron chi connectivity index (χ0n) is 47.1. The number of benzene rings is 2. The molecule has 0 spiro atoms. The SMILES string of the molecule is CC(CCc1cc(O)c([Si](C)(C)C(C)(C)C)cc1CCC(=O)NCCCCCCNC(=O)CCc1cc([Si](C)(C)C(C)(C)C)c(O)cc1CCC(C)[Si](C)(C)C(C)(C)C)[Si](C)(C)C(C)(C)C. The Morgan fingerprint density at radius 3 is 1.03 bits per heavy atom. The minimum Gasteiger partial charge on any atom is -0.508 e. The van der Waals surface area contributed by atoms with Crippen molar-refractivity contribution in [1.82, 2.24) is 10.6 Å². The predicted octanol–water partition coefficient (Wildman–Crippen LogP) is 14.5. The molecule has 4 N–H and O–H groups in total. The Balaban J connectivity index is 1.97. The van der Waals surface area contributed by atoms with Gasteiger partial charge in [-0.05, 0) is 127 Å². The Morgan fingerprint density at radius 2 is 0.758 bits per heavy atom. The number of hydrogen-bond acceptors (Lipinski definition) is 4. The number of hydrogen-bond donors (Lipinski definition) is 4. The molecule has 0 aromatic heterocycles. The fraction of sp³-hybridized carbons (Fsp3) is 0.750. The van der Waals surface area contributed by atoms with E-state index in [1.165, 1.54) is 22.3 Å². The van der Waals surface area contributed by atoms with E-state index in [1.54, 1.807) is 0 Å². The Kier molecular flexibility index (Phi) is 21.1. The number of nitrogens with one attached hydrogen (secondary N) is 2. The summed E-state index contributed by atoms with van der Waals surface area (Å²) in [7, 11) is -7.04. The van der Waals surface area contributed by atoms with Crippen molar-refractivity contribution in [3.63, 3.8) is 0 Å². The van der Waals surface area contributed by atoms with Crippen molar-refractivity contribution in [2.75, 3.05) is 13.1 Å². The van der Waals surface area contributed by atoms with Crippen LogP contribution in [0, 0.1) is 0 Å². The smallest absolute Gasteiger partial charge is 0.220 e. The molecule has 2 aromatic carbocycles. The van der Waals surface area contributed by atoms with Crippen LogP contribution in [0.25, 0.3) is 0 Å². The lowest BCUT2D eigenvalue weighted by Gasteiger charge is -2.42. The van der Waals surface area contributed by atoms with Gasteiger partial charge in [0.05, 0.1) is 32.3 Å². The van der Waals surface area contributed by atoms with Gasteiger partial charge in [0.2, 0.25) is 11.8 Å². The summed E-state index contributed by atoms with van der Waals surface area (Å²) >= 11 is 0. The van der Waals surface area contributed by atoms with Crippen LogP contribution < -0.4 is 21.0 Å². The molecule has 0 fully saturated rings. The van der Waals surface area contributed by atoms with E-state index in [1.807, 2.05) is 12.1 Å². The molecule has 2 amide bonds. The van der Waals surface area contributed by atoms with Crippen molar-refractivity contribution < 1.29 is 19.8 Å². The average molecular weight is 982 g/mol. The zero-order valence-corrected chi connectivity index (χ0v) is 51.1. The van der Waals surface area contributed by atoms with Crippen LogP contribution in [0.15, 0.2) is 24.3 Å². The Hall–Kier alpha value is -2.15. The summed E-state index contributed by atoms with van der Waals surface area (Å²) in [6.45, 7) is 53.6. The highest BCUT2D eigenvalue weighted by molar-refractivity contribution is 6.93. The number of amides is 2. The molecule has 0 aliphatic carbocycles. The van der Waals surface area contributed by atoms with Crippen LogP contribution in [0.1, 0.15) is 171 Å². The molecule has 6 nitrogen and oxygen atoms in total. The minimum atomic E-state index is -2.01. The Labute approximate surface area is 411 Å². The maximum Gasteiger partial charge on any atom is 0.220 e. The van der Waals surface area contributed by atoms with E-state index in [0.29, 0.717) is 71.4 Å². The highest BCUT2D eigenvalue weighted by Gasteiger charge is 2.43. The first-order valence-corrected chi connectivity index (χ1v) is 38.2. The van der Waals surface area contributed by atoms with Crippen LogP contribution in [0.5, 0.6) is 11.5 Å². The van der Waals surface area contributed by atoms with Gasteiger partial charge in [0, 0.05) is 25.9 Å². The van der Waals surface area contributed by atoms with Crippen LogP contribution in [-0.2, 0) is 35.3 Å². The largest absolute Gasteiger partial charge is 0.508 e. The molecule has 0 radical (unpaired) electrons. The van der Waals surface area contributed by atoms with Gasteiger partial charge >= 0.3 is 0 Å². The van der Waals surface area contributed by atoms with E-state index in [9.17, 15) is 19.8 Å². The number of phenolic OH excluding ortho intramolecular Hbond substituents is 2. The minimum absolute atomic E-state index is 0.0845. The summed E-state index contributed by atoms with van der Waals surface area (Å²) in [5, 5.41) is 32.2. The van der Waals surface area contributed by atoms with Crippen LogP contribution in [0.3, 0.4) is 0 Å². The average Bonchev–Trinajstić information content (AvgIpc) is 3.16. The molecule has 0 heterocycles. The number of carbonyl (C=O) groups excluding carboxylic acids is 2. The quantitative estimate of drug-likeness (QED) is 0.0658. The first kappa shape index (κ1) is 60.0. The zero-order chi connectivity index (χ0) is 51.1. The first-order valence-electron chi connectivity index (χ1n) is 26.0. The van der Waals surface area contributed by atoms with Gasteiger partial charge in [0.15, 0.2) is 0 Å². The molecule has 0 saturated carbocycles. The van der Waals surface area contributed by atoms with Gasteiger partial charge in [0.1, 0.15) is 11.5 Å². The number of aryl methyl sites for hydroxylation is 4. The molecule has 378 valence electrons. The molecule has 2 atom stereocenters. The molecule has 0 saturated heterocycles. The highest BCUT2D eigenvalue weighted by atomic mass is 28.3. The van der Waals surface area contributed by atoms with E-state index in [2.05, 4.69) is 172 Å². The van der Waals surface area contributed by atoms with Crippen LogP contribution in [0.2, 0.25) is 83.6 Å². The van der Waals surface area contributed by atoms with E-state index in [-0.39, 0.29) is 21.9 Å².